The number of carbonyl (C=O) groups excluding carboxylic acids is 1. The number of hydrogen-bond donors (Lipinski definition) is 1. The quantitative estimate of drug-likeness (QED) is 0.494. The highest BCUT2D eigenvalue weighted by Gasteiger charge is 2.18. The molecule has 0 atom stereocenters. The van der Waals surface area contributed by atoms with Crippen molar-refractivity contribution in [1.29, 1.82) is 0 Å². The number of piperazine rings is 1. The summed E-state index contributed by atoms with van der Waals surface area (Å²) in [5.74, 6) is -0.439. The van der Waals surface area contributed by atoms with E-state index in [1.807, 2.05) is 12.1 Å². The minimum Gasteiger partial charge on any atom is -0.400 e. The molecule has 0 unspecified atom stereocenters. The highest BCUT2D eigenvalue weighted by molar-refractivity contribution is 9.10. The van der Waals surface area contributed by atoms with Gasteiger partial charge in [0.1, 0.15) is 15.2 Å². The Labute approximate surface area is 129 Å². The van der Waals surface area contributed by atoms with Gasteiger partial charge in [-0.3, -0.25) is 20.3 Å². The Morgan fingerprint density at radius 2 is 2.14 bits per heavy atom. The number of nitrogens with zero attached hydrogens (tertiary/aromatic N) is 3. The van der Waals surface area contributed by atoms with Gasteiger partial charge in [-0.05, 0) is 29.1 Å². The molecule has 1 aromatic rings. The van der Waals surface area contributed by atoms with E-state index in [1.54, 1.807) is 0 Å². The lowest BCUT2D eigenvalue weighted by Crippen LogP contribution is -2.52. The number of nitrogens with one attached hydrogen (secondary N) is 1. The van der Waals surface area contributed by atoms with E-state index in [4.69, 9.17) is 4.42 Å². The lowest BCUT2D eigenvalue weighted by molar-refractivity contribution is -0.403. The van der Waals surface area contributed by atoms with Gasteiger partial charge in [-0.25, -0.2) is 5.01 Å². The summed E-state index contributed by atoms with van der Waals surface area (Å²) in [4.78, 5) is 23.9. The summed E-state index contributed by atoms with van der Waals surface area (Å²) >= 11 is 3.03. The van der Waals surface area contributed by atoms with Crippen LogP contribution in [0.1, 0.15) is 5.76 Å². The zero-order valence-electron chi connectivity index (χ0n) is 11.4. The molecule has 0 aromatic carbocycles. The number of hydrogen-bond acceptors (Lipinski definition) is 6. The third-order valence-corrected chi connectivity index (χ3v) is 3.59. The summed E-state index contributed by atoms with van der Waals surface area (Å²) < 4.78 is 5.24. The maximum absolute atomic E-state index is 11.8. The molecule has 1 aliphatic heterocycles. The molecule has 0 spiro atoms. The largest absolute Gasteiger partial charge is 0.447 e. The maximum Gasteiger partial charge on any atom is 0.447 e. The van der Waals surface area contributed by atoms with E-state index in [-0.39, 0.29) is 22.0 Å². The number of nitro groups is 1. The first-order valence-corrected chi connectivity index (χ1v) is 7.11. The van der Waals surface area contributed by atoms with Crippen LogP contribution < -0.4 is 5.43 Å². The first kappa shape index (κ1) is 15.7. The van der Waals surface area contributed by atoms with Crippen molar-refractivity contribution in [1.82, 2.24) is 15.3 Å². The first-order chi connectivity index (χ1) is 9.95. The number of hydrazine groups is 1. The zero-order chi connectivity index (χ0) is 15.4. The Balaban J connectivity index is 1.90. The van der Waals surface area contributed by atoms with Gasteiger partial charge in [-0.1, -0.05) is 0 Å². The third-order valence-electron chi connectivity index (χ3n) is 3.02. The van der Waals surface area contributed by atoms with Crippen molar-refractivity contribution in [2.45, 2.75) is 0 Å². The van der Waals surface area contributed by atoms with Crippen molar-refractivity contribution in [3.05, 3.63) is 32.5 Å². The van der Waals surface area contributed by atoms with Crippen LogP contribution in [0.25, 0.3) is 6.08 Å². The second-order valence-corrected chi connectivity index (χ2v) is 5.51. The Bertz CT molecular complexity index is 564. The minimum atomic E-state index is -0.633. The summed E-state index contributed by atoms with van der Waals surface area (Å²) in [6, 6.07) is 1.44. The summed E-state index contributed by atoms with van der Waals surface area (Å²) in [5, 5.41) is 12.5. The molecule has 21 heavy (non-hydrogen) atoms. The van der Waals surface area contributed by atoms with Gasteiger partial charge >= 0.3 is 5.88 Å². The summed E-state index contributed by atoms with van der Waals surface area (Å²) in [6.45, 7) is 3.30. The summed E-state index contributed by atoms with van der Waals surface area (Å²) in [7, 11) is 2.03. The number of amides is 1. The third kappa shape index (κ3) is 4.38. The van der Waals surface area contributed by atoms with Gasteiger partial charge in [0.05, 0.1) is 0 Å². The number of furan rings is 1. The summed E-state index contributed by atoms with van der Waals surface area (Å²) in [6.07, 6.45) is 2.68. The molecule has 1 aliphatic rings. The minimum absolute atomic E-state index is 0.238. The maximum atomic E-state index is 11.8. The molecule has 1 N–H and O–H groups in total. The molecule has 9 heteroatoms. The average Bonchev–Trinajstić information content (AvgIpc) is 2.81. The molecule has 1 amide bonds. The van der Waals surface area contributed by atoms with Crippen molar-refractivity contribution < 1.29 is 14.1 Å². The van der Waals surface area contributed by atoms with Crippen molar-refractivity contribution in [3.8, 4) is 0 Å². The average molecular weight is 359 g/mol. The monoisotopic (exact) mass is 358 g/mol. The van der Waals surface area contributed by atoms with E-state index in [0.29, 0.717) is 0 Å². The van der Waals surface area contributed by atoms with Crippen LogP contribution in [0, 0.1) is 10.1 Å². The van der Waals surface area contributed by atoms with Gasteiger partial charge in [0.2, 0.25) is 0 Å². The Morgan fingerprint density at radius 3 is 2.71 bits per heavy atom. The number of likely N-dealkylation sites (N-methyl/N-ethyl adjacent to an activating group) is 1. The Morgan fingerprint density at radius 1 is 1.48 bits per heavy atom. The van der Waals surface area contributed by atoms with Crippen LogP contribution in [-0.4, -0.2) is 54.0 Å². The van der Waals surface area contributed by atoms with Crippen molar-refractivity contribution in [2.75, 3.05) is 33.2 Å². The second-order valence-electron chi connectivity index (χ2n) is 4.66. The Kier molecular flexibility index (Phi) is 5.10. The molecule has 0 radical (unpaired) electrons. The van der Waals surface area contributed by atoms with Crippen molar-refractivity contribution in [2.24, 2.45) is 0 Å². The molecule has 114 valence electrons. The van der Waals surface area contributed by atoms with Crippen LogP contribution in [0.4, 0.5) is 5.88 Å². The van der Waals surface area contributed by atoms with Gasteiger partial charge in [0.15, 0.2) is 0 Å². The molecular formula is C12H15BrN4O4. The standard InChI is InChI=1S/C12H15BrN4O4/c1-15-4-6-16(7-5-15)14-11(18)3-2-9-8-10(13)12(21-9)17(19)20/h2-3,8H,4-7H2,1H3,(H,14,18)/b3-2+. The van der Waals surface area contributed by atoms with E-state index >= 15 is 0 Å². The molecule has 1 fully saturated rings. The van der Waals surface area contributed by atoms with Crippen LogP contribution in [-0.2, 0) is 4.79 Å². The smallest absolute Gasteiger partial charge is 0.400 e. The van der Waals surface area contributed by atoms with Crippen LogP contribution in [0.3, 0.4) is 0 Å². The van der Waals surface area contributed by atoms with E-state index < -0.39 is 4.92 Å². The number of halogens is 1. The Hall–Kier alpha value is -1.71. The van der Waals surface area contributed by atoms with Crippen molar-refractivity contribution >= 4 is 33.8 Å². The fraction of sp³-hybridized carbons (Fsp3) is 0.417. The fourth-order valence-corrected chi connectivity index (χ4v) is 2.30. The SMILES string of the molecule is CN1CCN(NC(=O)/C=C/c2cc(Br)c([N+](=O)[O-])o2)CC1. The van der Waals surface area contributed by atoms with Crippen molar-refractivity contribution in [3.63, 3.8) is 0 Å². The highest BCUT2D eigenvalue weighted by atomic mass is 79.9. The van der Waals surface area contributed by atoms with Gasteiger partial charge in [-0.2, -0.15) is 0 Å². The predicted molar refractivity (Wildman–Crippen MR) is 79.3 cm³/mol. The van der Waals surface area contributed by atoms with E-state index in [9.17, 15) is 14.9 Å². The van der Waals surface area contributed by atoms with Gasteiger partial charge in [0, 0.05) is 38.3 Å². The normalized spacial score (nSPS) is 17.2. The van der Waals surface area contributed by atoms with E-state index in [0.717, 1.165) is 26.2 Å². The predicted octanol–water partition coefficient (Wildman–Crippen LogP) is 1.24. The molecule has 1 saturated heterocycles. The number of carbonyl (C=O) groups is 1. The first-order valence-electron chi connectivity index (χ1n) is 6.31. The fourth-order valence-electron chi connectivity index (χ4n) is 1.85. The number of rotatable bonds is 4. The molecule has 2 heterocycles. The van der Waals surface area contributed by atoms with Crippen LogP contribution >= 0.6 is 15.9 Å². The summed E-state index contributed by atoms with van der Waals surface area (Å²) in [5.41, 5.74) is 2.75. The van der Waals surface area contributed by atoms with Gasteiger partial charge in [0.25, 0.3) is 5.91 Å². The van der Waals surface area contributed by atoms with Crippen LogP contribution in [0.2, 0.25) is 0 Å². The molecule has 8 nitrogen and oxygen atoms in total. The van der Waals surface area contributed by atoms with Crippen LogP contribution in [0.15, 0.2) is 21.0 Å². The van der Waals surface area contributed by atoms with E-state index in [1.165, 1.54) is 18.2 Å². The van der Waals surface area contributed by atoms with Crippen LogP contribution in [0.5, 0.6) is 0 Å². The van der Waals surface area contributed by atoms with Gasteiger partial charge < -0.3 is 9.32 Å². The zero-order valence-corrected chi connectivity index (χ0v) is 13.0. The van der Waals surface area contributed by atoms with E-state index in [2.05, 4.69) is 26.3 Å². The lowest BCUT2D eigenvalue weighted by atomic mass is 10.3. The molecule has 0 aliphatic carbocycles. The van der Waals surface area contributed by atoms with Gasteiger partial charge in [-0.15, -0.1) is 0 Å². The molecule has 0 saturated carbocycles. The molecular weight excluding hydrogens is 344 g/mol. The molecule has 0 bridgehead atoms. The highest BCUT2D eigenvalue weighted by Crippen LogP contribution is 2.29. The molecule has 2 rings (SSSR count). The second kappa shape index (κ2) is 6.83. The lowest BCUT2D eigenvalue weighted by Gasteiger charge is -2.31. The topological polar surface area (TPSA) is 91.9 Å². The molecule has 1 aromatic heterocycles.